The van der Waals surface area contributed by atoms with Crippen molar-refractivity contribution in [2.75, 3.05) is 19.6 Å². The molecule has 1 aliphatic heterocycles. The van der Waals surface area contributed by atoms with E-state index in [4.69, 9.17) is 10.5 Å². The van der Waals surface area contributed by atoms with Gasteiger partial charge >= 0.3 is 0 Å². The fraction of sp³-hybridized carbons (Fsp3) is 0.316. The highest BCUT2D eigenvalue weighted by Crippen LogP contribution is 2.25. The maximum atomic E-state index is 12.8. The summed E-state index contributed by atoms with van der Waals surface area (Å²) in [5.41, 5.74) is 7.39. The van der Waals surface area contributed by atoms with Gasteiger partial charge in [-0.25, -0.2) is 0 Å². The van der Waals surface area contributed by atoms with E-state index in [1.54, 1.807) is 0 Å². The number of benzene rings is 2. The molecule has 5 heteroatoms. The van der Waals surface area contributed by atoms with Gasteiger partial charge in [-0.3, -0.25) is 4.79 Å². The third-order valence-corrected chi connectivity index (χ3v) is 4.80. The number of para-hydroxylation sites is 1. The third-order valence-electron chi connectivity index (χ3n) is 4.31. The Hall–Kier alpha value is -1.85. The number of likely N-dealkylation sites (tertiary alicyclic amines) is 1. The number of rotatable bonds is 5. The topological polar surface area (TPSA) is 55.6 Å². The molecule has 3 rings (SSSR count). The number of carbonyl (C=O) groups excluding carboxylic acids is 1. The molecule has 0 aliphatic carbocycles. The standard InChI is InChI=1S/C19H21BrN2O2/c20-16-5-3-4-14(10-16)13-24-18-7-2-1-6-17(18)19(23)22-9-8-15(11-21)12-22/h1-7,10,15H,8-9,11-13,21H2. The molecule has 4 nitrogen and oxygen atoms in total. The molecule has 1 heterocycles. The molecule has 1 atom stereocenters. The van der Waals surface area contributed by atoms with E-state index in [0.717, 1.165) is 29.5 Å². The second-order valence-electron chi connectivity index (χ2n) is 6.06. The van der Waals surface area contributed by atoms with Crippen molar-refractivity contribution in [2.45, 2.75) is 13.0 Å². The van der Waals surface area contributed by atoms with Crippen LogP contribution in [0.2, 0.25) is 0 Å². The molecule has 24 heavy (non-hydrogen) atoms. The Morgan fingerprint density at radius 1 is 1.25 bits per heavy atom. The molecule has 1 amide bonds. The molecule has 0 bridgehead atoms. The number of amides is 1. The summed E-state index contributed by atoms with van der Waals surface area (Å²) in [4.78, 5) is 14.7. The van der Waals surface area contributed by atoms with Crippen LogP contribution in [0.3, 0.4) is 0 Å². The van der Waals surface area contributed by atoms with Crippen molar-refractivity contribution in [1.29, 1.82) is 0 Å². The average Bonchev–Trinajstić information content (AvgIpc) is 3.09. The zero-order chi connectivity index (χ0) is 16.9. The van der Waals surface area contributed by atoms with E-state index >= 15 is 0 Å². The Kier molecular flexibility index (Phi) is 5.53. The van der Waals surface area contributed by atoms with E-state index in [9.17, 15) is 4.79 Å². The summed E-state index contributed by atoms with van der Waals surface area (Å²) in [6.07, 6.45) is 0.976. The first-order valence-corrected chi connectivity index (χ1v) is 8.92. The minimum atomic E-state index is 0.0239. The van der Waals surface area contributed by atoms with Gasteiger partial charge in [0.15, 0.2) is 0 Å². The summed E-state index contributed by atoms with van der Waals surface area (Å²) in [5.74, 6) is 1.05. The molecule has 1 aliphatic rings. The van der Waals surface area contributed by atoms with Gasteiger partial charge in [-0.05, 0) is 48.7 Å². The number of halogens is 1. The van der Waals surface area contributed by atoms with E-state index in [2.05, 4.69) is 15.9 Å². The molecule has 2 N–H and O–H groups in total. The lowest BCUT2D eigenvalue weighted by Crippen LogP contribution is -2.30. The lowest BCUT2D eigenvalue weighted by atomic mass is 10.1. The van der Waals surface area contributed by atoms with Crippen LogP contribution in [0.25, 0.3) is 0 Å². The number of hydrogen-bond donors (Lipinski definition) is 1. The number of carbonyl (C=O) groups is 1. The highest BCUT2D eigenvalue weighted by molar-refractivity contribution is 9.10. The summed E-state index contributed by atoms with van der Waals surface area (Å²) < 4.78 is 6.93. The van der Waals surface area contributed by atoms with Gasteiger partial charge in [0.05, 0.1) is 5.56 Å². The van der Waals surface area contributed by atoms with E-state index in [1.807, 2.05) is 53.4 Å². The van der Waals surface area contributed by atoms with Gasteiger partial charge in [0.25, 0.3) is 5.91 Å². The van der Waals surface area contributed by atoms with Crippen molar-refractivity contribution in [3.8, 4) is 5.75 Å². The van der Waals surface area contributed by atoms with E-state index in [0.29, 0.717) is 30.4 Å². The van der Waals surface area contributed by atoms with Crippen molar-refractivity contribution in [3.05, 3.63) is 64.1 Å². The zero-order valence-corrected chi connectivity index (χ0v) is 15.0. The molecule has 1 saturated heterocycles. The molecule has 1 fully saturated rings. The first-order valence-electron chi connectivity index (χ1n) is 8.13. The number of ether oxygens (including phenoxy) is 1. The third kappa shape index (κ3) is 3.97. The first kappa shape index (κ1) is 17.0. The second kappa shape index (κ2) is 7.81. The number of nitrogens with zero attached hydrogens (tertiary/aromatic N) is 1. The largest absolute Gasteiger partial charge is 0.488 e. The van der Waals surface area contributed by atoms with Crippen LogP contribution < -0.4 is 10.5 Å². The molecule has 0 saturated carbocycles. The number of hydrogen-bond acceptors (Lipinski definition) is 3. The Morgan fingerprint density at radius 3 is 2.83 bits per heavy atom. The predicted octanol–water partition coefficient (Wildman–Crippen LogP) is 3.45. The molecule has 0 spiro atoms. The fourth-order valence-electron chi connectivity index (χ4n) is 2.94. The predicted molar refractivity (Wildman–Crippen MR) is 98.0 cm³/mol. The molecule has 0 aromatic heterocycles. The van der Waals surface area contributed by atoms with Crippen molar-refractivity contribution in [3.63, 3.8) is 0 Å². The summed E-state index contributed by atoms with van der Waals surface area (Å²) in [6.45, 7) is 2.55. The normalized spacial score (nSPS) is 17.1. The van der Waals surface area contributed by atoms with Gasteiger partial charge in [0, 0.05) is 17.6 Å². The van der Waals surface area contributed by atoms with Crippen molar-refractivity contribution in [1.82, 2.24) is 4.90 Å². The van der Waals surface area contributed by atoms with Gasteiger partial charge in [-0.1, -0.05) is 40.2 Å². The molecule has 2 aromatic carbocycles. The molecule has 1 unspecified atom stereocenters. The Bertz CT molecular complexity index is 720. The summed E-state index contributed by atoms with van der Waals surface area (Å²) in [5, 5.41) is 0. The quantitative estimate of drug-likeness (QED) is 0.852. The smallest absolute Gasteiger partial charge is 0.257 e. The second-order valence-corrected chi connectivity index (χ2v) is 6.97. The van der Waals surface area contributed by atoms with Crippen LogP contribution in [-0.4, -0.2) is 30.4 Å². The first-order chi connectivity index (χ1) is 11.7. The maximum Gasteiger partial charge on any atom is 0.257 e. The monoisotopic (exact) mass is 388 g/mol. The Labute approximate surface area is 150 Å². The van der Waals surface area contributed by atoms with E-state index in [-0.39, 0.29) is 5.91 Å². The lowest BCUT2D eigenvalue weighted by molar-refractivity contribution is 0.0782. The fourth-order valence-corrected chi connectivity index (χ4v) is 3.38. The molecule has 2 aromatic rings. The van der Waals surface area contributed by atoms with Crippen LogP contribution >= 0.6 is 15.9 Å². The summed E-state index contributed by atoms with van der Waals surface area (Å²) >= 11 is 3.46. The molecule has 126 valence electrons. The van der Waals surface area contributed by atoms with Crippen LogP contribution in [0.5, 0.6) is 5.75 Å². The van der Waals surface area contributed by atoms with Gasteiger partial charge in [0.1, 0.15) is 12.4 Å². The van der Waals surface area contributed by atoms with E-state index in [1.165, 1.54) is 0 Å². The van der Waals surface area contributed by atoms with Gasteiger partial charge in [-0.2, -0.15) is 0 Å². The van der Waals surface area contributed by atoms with Crippen LogP contribution in [0.15, 0.2) is 53.0 Å². The SMILES string of the molecule is NCC1CCN(C(=O)c2ccccc2OCc2cccc(Br)c2)C1. The zero-order valence-electron chi connectivity index (χ0n) is 13.5. The van der Waals surface area contributed by atoms with Crippen LogP contribution in [-0.2, 0) is 6.61 Å². The lowest BCUT2D eigenvalue weighted by Gasteiger charge is -2.18. The Balaban J connectivity index is 1.72. The molecular formula is C19H21BrN2O2. The van der Waals surface area contributed by atoms with Crippen LogP contribution in [0.1, 0.15) is 22.3 Å². The summed E-state index contributed by atoms with van der Waals surface area (Å²) in [6, 6.07) is 15.4. The molecule has 0 radical (unpaired) electrons. The number of nitrogens with two attached hydrogens (primary N) is 1. The van der Waals surface area contributed by atoms with Gasteiger partial charge < -0.3 is 15.4 Å². The van der Waals surface area contributed by atoms with Crippen molar-refractivity contribution >= 4 is 21.8 Å². The van der Waals surface area contributed by atoms with Crippen LogP contribution in [0.4, 0.5) is 0 Å². The average molecular weight is 389 g/mol. The highest BCUT2D eigenvalue weighted by Gasteiger charge is 2.27. The van der Waals surface area contributed by atoms with Gasteiger partial charge in [0.2, 0.25) is 0 Å². The van der Waals surface area contributed by atoms with E-state index < -0.39 is 0 Å². The van der Waals surface area contributed by atoms with Crippen molar-refractivity contribution < 1.29 is 9.53 Å². The van der Waals surface area contributed by atoms with Crippen molar-refractivity contribution in [2.24, 2.45) is 11.7 Å². The van der Waals surface area contributed by atoms with Crippen LogP contribution in [0, 0.1) is 5.92 Å². The van der Waals surface area contributed by atoms with Gasteiger partial charge in [-0.15, -0.1) is 0 Å². The molecular weight excluding hydrogens is 368 g/mol. The highest BCUT2D eigenvalue weighted by atomic mass is 79.9. The summed E-state index contributed by atoms with van der Waals surface area (Å²) in [7, 11) is 0. The maximum absolute atomic E-state index is 12.8. The minimum Gasteiger partial charge on any atom is -0.488 e. The Morgan fingerprint density at radius 2 is 2.08 bits per heavy atom. The minimum absolute atomic E-state index is 0.0239.